The van der Waals surface area contributed by atoms with Gasteiger partial charge in [0.05, 0.1) is 24.0 Å². The summed E-state index contributed by atoms with van der Waals surface area (Å²) in [6.07, 6.45) is 3.31. The number of ketones is 1. The Morgan fingerprint density at radius 3 is 2.38 bits per heavy atom. The maximum atomic E-state index is 13.4. The van der Waals surface area contributed by atoms with Gasteiger partial charge >= 0.3 is 0 Å². The van der Waals surface area contributed by atoms with E-state index in [1.165, 1.54) is 35.3 Å². The molecule has 0 bridgehead atoms. The van der Waals surface area contributed by atoms with Gasteiger partial charge in [0.1, 0.15) is 5.82 Å². The molecule has 9 nitrogen and oxygen atoms in total. The summed E-state index contributed by atoms with van der Waals surface area (Å²) in [6, 6.07) is 27.6. The van der Waals surface area contributed by atoms with Crippen molar-refractivity contribution in [1.82, 2.24) is 30.0 Å². The summed E-state index contributed by atoms with van der Waals surface area (Å²) in [6.45, 7) is 2.22. The molecule has 0 unspecified atom stereocenters. The van der Waals surface area contributed by atoms with E-state index in [2.05, 4.69) is 25.9 Å². The minimum atomic E-state index is -0.411. The number of amides is 1. The zero-order valence-corrected chi connectivity index (χ0v) is 22.5. The molecule has 1 amide bonds. The highest BCUT2D eigenvalue weighted by atomic mass is 19.1. The Hall–Kier alpha value is -5.77. The molecule has 0 spiro atoms. The Balaban J connectivity index is 1.15. The van der Waals surface area contributed by atoms with Crippen LogP contribution in [0.1, 0.15) is 43.1 Å². The average molecular weight is 558 g/mol. The second-order valence-corrected chi connectivity index (χ2v) is 9.58. The van der Waals surface area contributed by atoms with Crippen LogP contribution >= 0.6 is 0 Å². The molecular formula is C32H24FN7O2. The Morgan fingerprint density at radius 1 is 0.905 bits per heavy atom. The van der Waals surface area contributed by atoms with Gasteiger partial charge in [-0.15, -0.1) is 10.2 Å². The van der Waals surface area contributed by atoms with E-state index >= 15 is 0 Å². The lowest BCUT2D eigenvalue weighted by atomic mass is 10.0. The van der Waals surface area contributed by atoms with Gasteiger partial charge in [-0.25, -0.2) is 9.82 Å². The number of aromatic nitrogens is 5. The molecule has 206 valence electrons. The number of nitrogens with zero attached hydrogens (tertiary/aromatic N) is 6. The van der Waals surface area contributed by atoms with E-state index in [9.17, 15) is 14.0 Å². The van der Waals surface area contributed by atoms with Gasteiger partial charge < -0.3 is 4.40 Å². The first kappa shape index (κ1) is 26.5. The number of tetrazole rings is 1. The maximum absolute atomic E-state index is 13.4. The van der Waals surface area contributed by atoms with Crippen molar-refractivity contribution in [3.05, 3.63) is 143 Å². The number of carbonyl (C=O) groups excluding carboxylic acids is 2. The quantitative estimate of drug-likeness (QED) is 0.160. The highest BCUT2D eigenvalue weighted by Gasteiger charge is 2.21. The Bertz CT molecular complexity index is 1930. The third kappa shape index (κ3) is 5.33. The number of hydrogen-bond acceptors (Lipinski definition) is 6. The number of rotatable bonds is 8. The largest absolute Gasteiger partial charge is 0.313 e. The van der Waals surface area contributed by atoms with Crippen molar-refractivity contribution in [3.63, 3.8) is 0 Å². The summed E-state index contributed by atoms with van der Waals surface area (Å²) in [4.78, 5) is 27.6. The molecule has 6 rings (SSSR count). The summed E-state index contributed by atoms with van der Waals surface area (Å²) in [7, 11) is 0. The molecule has 10 heteroatoms. The minimum Gasteiger partial charge on any atom is -0.313 e. The number of carbonyl (C=O) groups is 2. The molecule has 0 fully saturated rings. The van der Waals surface area contributed by atoms with Crippen LogP contribution in [0, 0.1) is 12.7 Å². The lowest BCUT2D eigenvalue weighted by molar-refractivity contribution is 0.0954. The predicted molar refractivity (Wildman–Crippen MR) is 156 cm³/mol. The second kappa shape index (κ2) is 11.4. The monoisotopic (exact) mass is 557 g/mol. The predicted octanol–water partition coefficient (Wildman–Crippen LogP) is 5.08. The van der Waals surface area contributed by atoms with Crippen LogP contribution in [0.5, 0.6) is 0 Å². The smallest absolute Gasteiger partial charge is 0.271 e. The van der Waals surface area contributed by atoms with Crippen molar-refractivity contribution in [1.29, 1.82) is 0 Å². The van der Waals surface area contributed by atoms with Crippen LogP contribution in [0.2, 0.25) is 0 Å². The van der Waals surface area contributed by atoms with Crippen molar-refractivity contribution in [3.8, 4) is 11.4 Å². The Kier molecular flexibility index (Phi) is 7.17. The van der Waals surface area contributed by atoms with Crippen molar-refractivity contribution in [2.75, 3.05) is 0 Å². The topological polar surface area (TPSA) is 107 Å². The molecule has 0 saturated carbocycles. The van der Waals surface area contributed by atoms with E-state index in [0.29, 0.717) is 40.3 Å². The SMILES string of the molecule is Cc1c(/C=N\NC(=O)c2ccc(Cn3nnc(-c4ccccc4)n3)cc2)c2ccccn2c1C(=O)c1ccc(F)cc1. The fourth-order valence-electron chi connectivity index (χ4n) is 4.70. The molecule has 0 saturated heterocycles. The number of nitrogens with one attached hydrogen (secondary N) is 1. The maximum Gasteiger partial charge on any atom is 0.271 e. The van der Waals surface area contributed by atoms with Crippen LogP contribution in [-0.2, 0) is 6.54 Å². The number of benzene rings is 3. The molecule has 0 aliphatic carbocycles. The summed E-state index contributed by atoms with van der Waals surface area (Å²) in [5.74, 6) is -0.490. The van der Waals surface area contributed by atoms with E-state index in [1.807, 2.05) is 67.6 Å². The minimum absolute atomic E-state index is 0.241. The molecule has 1 N–H and O–H groups in total. The van der Waals surface area contributed by atoms with Gasteiger partial charge in [-0.2, -0.15) is 9.90 Å². The molecular weight excluding hydrogens is 533 g/mol. The molecule has 3 aromatic carbocycles. The van der Waals surface area contributed by atoms with E-state index in [0.717, 1.165) is 16.6 Å². The molecule has 42 heavy (non-hydrogen) atoms. The molecule has 0 aliphatic rings. The first-order chi connectivity index (χ1) is 20.5. The zero-order valence-electron chi connectivity index (χ0n) is 22.5. The van der Waals surface area contributed by atoms with Crippen LogP contribution in [0.3, 0.4) is 0 Å². The first-order valence-electron chi connectivity index (χ1n) is 13.1. The van der Waals surface area contributed by atoms with Crippen LogP contribution in [0.4, 0.5) is 4.39 Å². The van der Waals surface area contributed by atoms with Crippen LogP contribution < -0.4 is 5.43 Å². The second-order valence-electron chi connectivity index (χ2n) is 9.58. The van der Waals surface area contributed by atoms with Gasteiger partial charge in [0.15, 0.2) is 0 Å². The highest BCUT2D eigenvalue weighted by Crippen LogP contribution is 2.24. The first-order valence-corrected chi connectivity index (χ1v) is 13.1. The number of hydrazone groups is 1. The lowest BCUT2D eigenvalue weighted by Crippen LogP contribution is -2.17. The summed E-state index contributed by atoms with van der Waals surface area (Å²) in [5, 5.41) is 16.8. The fourth-order valence-corrected chi connectivity index (χ4v) is 4.70. The molecule has 3 aromatic heterocycles. The van der Waals surface area contributed by atoms with Crippen LogP contribution in [-0.4, -0.2) is 42.5 Å². The highest BCUT2D eigenvalue weighted by molar-refractivity contribution is 6.12. The molecule has 3 heterocycles. The molecule has 0 radical (unpaired) electrons. The van der Waals surface area contributed by atoms with Crippen molar-refractivity contribution in [2.24, 2.45) is 5.10 Å². The Labute approximate surface area is 239 Å². The summed E-state index contributed by atoms with van der Waals surface area (Å²) in [5.41, 5.74) is 7.72. The number of fused-ring (bicyclic) bond motifs is 1. The lowest BCUT2D eigenvalue weighted by Gasteiger charge is -2.04. The summed E-state index contributed by atoms with van der Waals surface area (Å²) >= 11 is 0. The van der Waals surface area contributed by atoms with E-state index in [4.69, 9.17) is 0 Å². The Morgan fingerprint density at radius 2 is 1.62 bits per heavy atom. The van der Waals surface area contributed by atoms with Gasteiger partial charge in [-0.3, -0.25) is 9.59 Å². The molecule has 0 aliphatic heterocycles. The van der Waals surface area contributed by atoms with Gasteiger partial charge in [-0.1, -0.05) is 48.5 Å². The van der Waals surface area contributed by atoms with Crippen molar-refractivity contribution in [2.45, 2.75) is 13.5 Å². The third-order valence-electron chi connectivity index (χ3n) is 6.84. The fraction of sp³-hybridized carbons (Fsp3) is 0.0625. The number of hydrogen-bond donors (Lipinski definition) is 1. The molecule has 0 atom stereocenters. The summed E-state index contributed by atoms with van der Waals surface area (Å²) < 4.78 is 15.2. The van der Waals surface area contributed by atoms with Crippen molar-refractivity contribution < 1.29 is 14.0 Å². The standard InChI is InChI=1S/C32H24FN7O2/c1-21-27(28-9-5-6-18-39(28)29(21)30(41)23-14-16-26(33)17-15-23)19-34-36-32(42)25-12-10-22(11-13-25)20-40-37-31(35-38-40)24-7-3-2-4-8-24/h2-19H,20H2,1H3,(H,36,42)/b34-19-. The van der Waals surface area contributed by atoms with Gasteiger partial charge in [0.25, 0.3) is 5.91 Å². The number of halogens is 1. The van der Waals surface area contributed by atoms with E-state index < -0.39 is 5.82 Å². The number of pyridine rings is 1. The van der Waals surface area contributed by atoms with Gasteiger partial charge in [-0.05, 0) is 71.8 Å². The molecule has 6 aromatic rings. The van der Waals surface area contributed by atoms with Gasteiger partial charge in [0, 0.05) is 28.5 Å². The van der Waals surface area contributed by atoms with Gasteiger partial charge in [0.2, 0.25) is 11.6 Å². The van der Waals surface area contributed by atoms with Crippen molar-refractivity contribution >= 4 is 23.4 Å². The van der Waals surface area contributed by atoms with Crippen LogP contribution in [0.25, 0.3) is 16.9 Å². The third-order valence-corrected chi connectivity index (χ3v) is 6.84. The average Bonchev–Trinajstić information content (AvgIpc) is 3.60. The van der Waals surface area contributed by atoms with Crippen LogP contribution in [0.15, 0.2) is 108 Å². The van der Waals surface area contributed by atoms with E-state index in [1.54, 1.807) is 22.7 Å². The van der Waals surface area contributed by atoms with E-state index in [-0.39, 0.29) is 11.7 Å². The normalized spacial score (nSPS) is 11.3. The zero-order chi connectivity index (χ0) is 29.1.